The van der Waals surface area contributed by atoms with Crippen LogP contribution in [0.15, 0.2) is 47.4 Å². The second kappa shape index (κ2) is 7.67. The molecule has 0 bridgehead atoms. The molecule has 2 rings (SSSR count). The summed E-state index contributed by atoms with van der Waals surface area (Å²) in [7, 11) is 0. The molecular weight excluding hydrogens is 294 g/mol. The molecule has 22 heavy (non-hydrogen) atoms. The number of hydrogen-bond acceptors (Lipinski definition) is 4. The van der Waals surface area contributed by atoms with Gasteiger partial charge in [-0.2, -0.15) is 5.26 Å². The van der Waals surface area contributed by atoms with E-state index in [0.29, 0.717) is 5.56 Å². The Balaban J connectivity index is 1.89. The fraction of sp³-hybridized carbons (Fsp3) is 0.222. The monoisotopic (exact) mass is 311 g/mol. The smallest absolute Gasteiger partial charge is 0.316 e. The molecule has 2 aromatic rings. The number of nitriles is 1. The van der Waals surface area contributed by atoms with Gasteiger partial charge in [0.1, 0.15) is 6.61 Å². The first-order chi connectivity index (χ1) is 10.6. The van der Waals surface area contributed by atoms with Crippen molar-refractivity contribution in [2.24, 2.45) is 0 Å². The van der Waals surface area contributed by atoms with Gasteiger partial charge in [0.15, 0.2) is 0 Å². The highest BCUT2D eigenvalue weighted by atomic mass is 32.2. The van der Waals surface area contributed by atoms with Crippen molar-refractivity contribution in [3.63, 3.8) is 0 Å². The van der Waals surface area contributed by atoms with E-state index in [0.717, 1.165) is 16.0 Å². The molecule has 112 valence electrons. The summed E-state index contributed by atoms with van der Waals surface area (Å²) in [6.45, 7) is 4.19. The summed E-state index contributed by atoms with van der Waals surface area (Å²) in [6, 6.07) is 15.4. The van der Waals surface area contributed by atoms with E-state index < -0.39 is 0 Å². The number of aryl methyl sites for hydroxylation is 2. The van der Waals surface area contributed by atoms with Crippen LogP contribution in [0.25, 0.3) is 0 Å². The van der Waals surface area contributed by atoms with Crippen LogP contribution in [0.4, 0.5) is 0 Å². The van der Waals surface area contributed by atoms with Gasteiger partial charge in [-0.15, -0.1) is 11.8 Å². The van der Waals surface area contributed by atoms with Crippen LogP contribution >= 0.6 is 11.8 Å². The van der Waals surface area contributed by atoms with Gasteiger partial charge >= 0.3 is 5.97 Å². The maximum atomic E-state index is 11.9. The second-order valence-corrected chi connectivity index (χ2v) is 6.00. The van der Waals surface area contributed by atoms with E-state index in [1.807, 2.05) is 26.0 Å². The molecule has 2 aromatic carbocycles. The number of ether oxygens (including phenoxy) is 1. The van der Waals surface area contributed by atoms with E-state index in [1.165, 1.54) is 17.3 Å². The maximum absolute atomic E-state index is 11.9. The molecule has 0 aliphatic carbocycles. The van der Waals surface area contributed by atoms with Crippen LogP contribution in [0.1, 0.15) is 22.3 Å². The Kier molecular flexibility index (Phi) is 5.62. The number of thioether (sulfide) groups is 1. The highest BCUT2D eigenvalue weighted by Gasteiger charge is 2.08. The molecule has 0 saturated carbocycles. The van der Waals surface area contributed by atoms with E-state index in [1.54, 1.807) is 18.2 Å². The second-order valence-electron chi connectivity index (χ2n) is 4.99. The third kappa shape index (κ3) is 4.37. The average Bonchev–Trinajstić information content (AvgIpc) is 2.54. The summed E-state index contributed by atoms with van der Waals surface area (Å²) in [6.07, 6.45) is 0. The topological polar surface area (TPSA) is 50.1 Å². The van der Waals surface area contributed by atoms with Gasteiger partial charge in [-0.25, -0.2) is 0 Å². The normalized spacial score (nSPS) is 10.0. The lowest BCUT2D eigenvalue weighted by Crippen LogP contribution is -2.08. The van der Waals surface area contributed by atoms with Crippen molar-refractivity contribution < 1.29 is 9.53 Å². The third-order valence-corrected chi connectivity index (χ3v) is 4.35. The molecule has 0 N–H and O–H groups in total. The summed E-state index contributed by atoms with van der Waals surface area (Å²) < 4.78 is 5.25. The van der Waals surface area contributed by atoms with Crippen molar-refractivity contribution in [2.45, 2.75) is 25.3 Å². The zero-order valence-electron chi connectivity index (χ0n) is 12.6. The van der Waals surface area contributed by atoms with Crippen molar-refractivity contribution >= 4 is 17.7 Å². The molecule has 3 nitrogen and oxygen atoms in total. The molecule has 0 radical (unpaired) electrons. The van der Waals surface area contributed by atoms with Crippen molar-refractivity contribution in [1.82, 2.24) is 0 Å². The average molecular weight is 311 g/mol. The molecule has 0 heterocycles. The molecule has 0 fully saturated rings. The number of nitrogens with zero attached hydrogens (tertiary/aromatic N) is 1. The lowest BCUT2D eigenvalue weighted by Gasteiger charge is -2.08. The van der Waals surface area contributed by atoms with E-state index in [4.69, 9.17) is 10.00 Å². The van der Waals surface area contributed by atoms with Gasteiger partial charge in [0.25, 0.3) is 0 Å². The predicted octanol–water partition coefficient (Wildman–Crippen LogP) is 4.01. The predicted molar refractivity (Wildman–Crippen MR) is 87.6 cm³/mol. The van der Waals surface area contributed by atoms with Crippen molar-refractivity contribution in [3.8, 4) is 6.07 Å². The van der Waals surface area contributed by atoms with E-state index in [9.17, 15) is 4.79 Å². The number of hydrogen-bond donors (Lipinski definition) is 0. The minimum Gasteiger partial charge on any atom is -0.460 e. The largest absolute Gasteiger partial charge is 0.460 e. The molecule has 0 saturated heterocycles. The van der Waals surface area contributed by atoms with Crippen molar-refractivity contribution in [1.29, 1.82) is 5.26 Å². The Labute approximate surface area is 134 Å². The van der Waals surface area contributed by atoms with Gasteiger partial charge in [-0.3, -0.25) is 4.79 Å². The number of esters is 1. The van der Waals surface area contributed by atoms with Gasteiger partial charge in [0.2, 0.25) is 0 Å². The van der Waals surface area contributed by atoms with E-state index >= 15 is 0 Å². The summed E-state index contributed by atoms with van der Waals surface area (Å²) in [5, 5.41) is 9.00. The molecule has 0 unspecified atom stereocenters. The van der Waals surface area contributed by atoms with Crippen LogP contribution in [0.3, 0.4) is 0 Å². The Bertz CT molecular complexity index is 719. The molecule has 0 aliphatic heterocycles. The summed E-state index contributed by atoms with van der Waals surface area (Å²) >= 11 is 1.47. The van der Waals surface area contributed by atoms with Crippen LogP contribution in [0.2, 0.25) is 0 Å². The lowest BCUT2D eigenvalue weighted by atomic mass is 10.1. The molecule has 4 heteroatoms. The summed E-state index contributed by atoms with van der Waals surface area (Å²) in [5.41, 5.74) is 3.59. The van der Waals surface area contributed by atoms with Crippen LogP contribution in [0.5, 0.6) is 0 Å². The first-order valence-corrected chi connectivity index (χ1v) is 7.92. The standard InChI is InChI=1S/C18H17NO2S/c1-13-7-8-14(2)17(9-13)22-12-18(20)21-11-16-6-4-3-5-15(16)10-19/h3-9H,11-12H2,1-2H3. The highest BCUT2D eigenvalue weighted by molar-refractivity contribution is 8.00. The lowest BCUT2D eigenvalue weighted by molar-refractivity contribution is -0.141. The van der Waals surface area contributed by atoms with Gasteiger partial charge in [-0.05, 0) is 31.5 Å². The maximum Gasteiger partial charge on any atom is 0.316 e. The van der Waals surface area contributed by atoms with Crippen LogP contribution in [0, 0.1) is 25.2 Å². The van der Waals surface area contributed by atoms with Gasteiger partial charge in [0, 0.05) is 10.5 Å². The molecule has 0 aromatic heterocycles. The fourth-order valence-electron chi connectivity index (χ4n) is 1.95. The SMILES string of the molecule is Cc1ccc(C)c(SCC(=O)OCc2ccccc2C#N)c1. The molecule has 0 amide bonds. The number of rotatable bonds is 5. The fourth-order valence-corrected chi connectivity index (χ4v) is 2.88. The summed E-state index contributed by atoms with van der Waals surface area (Å²) in [5.74, 6) is -0.0161. The zero-order valence-corrected chi connectivity index (χ0v) is 13.4. The highest BCUT2D eigenvalue weighted by Crippen LogP contribution is 2.23. The Morgan fingerprint density at radius 2 is 2.00 bits per heavy atom. The number of carbonyl (C=O) groups is 1. The minimum absolute atomic E-state index is 0.135. The van der Waals surface area contributed by atoms with Gasteiger partial charge in [-0.1, -0.05) is 35.9 Å². The number of benzene rings is 2. The Morgan fingerprint density at radius 3 is 2.77 bits per heavy atom. The zero-order chi connectivity index (χ0) is 15.9. The Morgan fingerprint density at radius 1 is 1.23 bits per heavy atom. The first kappa shape index (κ1) is 16.1. The van der Waals surface area contributed by atoms with E-state index in [-0.39, 0.29) is 18.3 Å². The van der Waals surface area contributed by atoms with Gasteiger partial charge in [0.05, 0.1) is 17.4 Å². The first-order valence-electron chi connectivity index (χ1n) is 6.94. The third-order valence-electron chi connectivity index (χ3n) is 3.22. The molecule has 0 atom stereocenters. The molecular formula is C18H17NO2S. The van der Waals surface area contributed by atoms with E-state index in [2.05, 4.69) is 18.2 Å². The van der Waals surface area contributed by atoms with Crippen LogP contribution < -0.4 is 0 Å². The van der Waals surface area contributed by atoms with Crippen LogP contribution in [-0.4, -0.2) is 11.7 Å². The quantitative estimate of drug-likeness (QED) is 0.618. The van der Waals surface area contributed by atoms with Crippen molar-refractivity contribution in [3.05, 3.63) is 64.7 Å². The minimum atomic E-state index is -0.279. The van der Waals surface area contributed by atoms with Gasteiger partial charge < -0.3 is 4.74 Å². The number of carbonyl (C=O) groups excluding carboxylic acids is 1. The summed E-state index contributed by atoms with van der Waals surface area (Å²) in [4.78, 5) is 13.0. The van der Waals surface area contributed by atoms with Crippen molar-refractivity contribution in [2.75, 3.05) is 5.75 Å². The molecule has 0 aliphatic rings. The van der Waals surface area contributed by atoms with Crippen LogP contribution in [-0.2, 0) is 16.1 Å². The molecule has 0 spiro atoms. The Hall–Kier alpha value is -2.25.